The Hall–Kier alpha value is -0.570. The third kappa shape index (κ3) is 1.70. The summed E-state index contributed by atoms with van der Waals surface area (Å²) >= 11 is 1.59. The lowest BCUT2D eigenvalue weighted by molar-refractivity contribution is -0.684. The predicted molar refractivity (Wildman–Crippen MR) is 43.8 cm³/mol. The van der Waals surface area contributed by atoms with Crippen molar-refractivity contribution in [3.63, 3.8) is 0 Å². The zero-order valence-corrected chi connectivity index (χ0v) is 7.19. The van der Waals surface area contributed by atoms with Gasteiger partial charge in [-0.25, -0.2) is 4.57 Å². The molecule has 10 heavy (non-hydrogen) atoms. The second-order valence-corrected chi connectivity index (χ2v) is 3.71. The monoisotopic (exact) mass is 157 g/mol. The van der Waals surface area contributed by atoms with Crippen LogP contribution in [0.15, 0.2) is 11.6 Å². The molecule has 2 N–H and O–H groups in total. The van der Waals surface area contributed by atoms with Crippen molar-refractivity contribution in [1.29, 1.82) is 0 Å². The topological polar surface area (TPSA) is 29.9 Å². The van der Waals surface area contributed by atoms with Crippen LogP contribution < -0.4 is 10.3 Å². The highest BCUT2D eigenvalue weighted by Gasteiger charge is 2.05. The molecule has 0 fully saturated rings. The number of anilines is 1. The number of nitrogen functional groups attached to an aromatic ring is 1. The fourth-order valence-corrected chi connectivity index (χ4v) is 1.48. The normalized spacial score (nSPS) is 10.7. The van der Waals surface area contributed by atoms with Crippen molar-refractivity contribution in [1.82, 2.24) is 0 Å². The van der Waals surface area contributed by atoms with E-state index in [1.807, 2.05) is 11.6 Å². The zero-order chi connectivity index (χ0) is 7.56. The summed E-state index contributed by atoms with van der Waals surface area (Å²) in [5.74, 6) is 0.668. The molecule has 1 aromatic rings. The van der Waals surface area contributed by atoms with Crippen molar-refractivity contribution in [2.45, 2.75) is 20.4 Å². The molecule has 0 aromatic carbocycles. The highest BCUT2D eigenvalue weighted by atomic mass is 32.1. The minimum Gasteiger partial charge on any atom is -0.278 e. The van der Waals surface area contributed by atoms with Crippen LogP contribution >= 0.6 is 11.3 Å². The maximum absolute atomic E-state index is 5.67. The Morgan fingerprint density at radius 3 is 2.80 bits per heavy atom. The molecule has 0 amide bonds. The van der Waals surface area contributed by atoms with Crippen LogP contribution in [0.5, 0.6) is 0 Å². The molecule has 0 radical (unpaired) electrons. The van der Waals surface area contributed by atoms with E-state index in [-0.39, 0.29) is 0 Å². The maximum Gasteiger partial charge on any atom is 0.331 e. The number of aromatic nitrogens is 1. The molecule has 0 aliphatic rings. The molecule has 3 heteroatoms. The Kier molecular flexibility index (Phi) is 2.27. The molecule has 0 unspecified atom stereocenters. The molecule has 0 saturated heterocycles. The van der Waals surface area contributed by atoms with Gasteiger partial charge in [0.15, 0.2) is 0 Å². The third-order valence-electron chi connectivity index (χ3n) is 1.27. The van der Waals surface area contributed by atoms with Gasteiger partial charge in [-0.3, -0.25) is 5.73 Å². The van der Waals surface area contributed by atoms with E-state index in [2.05, 4.69) is 18.4 Å². The van der Waals surface area contributed by atoms with Gasteiger partial charge < -0.3 is 0 Å². The summed E-state index contributed by atoms with van der Waals surface area (Å²) in [7, 11) is 0. The average Bonchev–Trinajstić information content (AvgIpc) is 2.15. The smallest absolute Gasteiger partial charge is 0.278 e. The standard InChI is InChI=1S/C7H12N2S/c1-6(2)5-9-3-4-10-7(9)8/h3-4,6,8H,5H2,1-2H3/p+1. The summed E-state index contributed by atoms with van der Waals surface area (Å²) in [4.78, 5) is 0. The largest absolute Gasteiger partial charge is 0.331 e. The summed E-state index contributed by atoms with van der Waals surface area (Å²) in [5.41, 5.74) is 5.67. The van der Waals surface area contributed by atoms with Crippen LogP contribution in [0, 0.1) is 5.92 Å². The first-order chi connectivity index (χ1) is 4.70. The highest BCUT2D eigenvalue weighted by molar-refractivity contribution is 7.12. The van der Waals surface area contributed by atoms with E-state index in [1.54, 1.807) is 11.3 Å². The lowest BCUT2D eigenvalue weighted by Crippen LogP contribution is -2.36. The molecule has 1 heterocycles. The molecule has 0 atom stereocenters. The summed E-state index contributed by atoms with van der Waals surface area (Å²) < 4.78 is 2.08. The number of rotatable bonds is 2. The van der Waals surface area contributed by atoms with Gasteiger partial charge in [0.05, 0.1) is 6.54 Å². The Balaban J connectivity index is 2.65. The van der Waals surface area contributed by atoms with Crippen molar-refractivity contribution < 1.29 is 4.57 Å². The maximum atomic E-state index is 5.67. The summed E-state index contributed by atoms with van der Waals surface area (Å²) in [6, 6.07) is 0. The van der Waals surface area contributed by atoms with Gasteiger partial charge in [-0.05, 0) is 5.92 Å². The van der Waals surface area contributed by atoms with Crippen molar-refractivity contribution in [2.75, 3.05) is 5.73 Å². The van der Waals surface area contributed by atoms with Crippen LogP contribution in [-0.4, -0.2) is 0 Å². The number of hydrogen-bond donors (Lipinski definition) is 1. The first-order valence-corrected chi connectivity index (χ1v) is 4.30. The number of nitrogens with two attached hydrogens (primary N) is 1. The van der Waals surface area contributed by atoms with Crippen LogP contribution in [0.4, 0.5) is 5.13 Å². The second kappa shape index (κ2) is 3.01. The molecule has 0 aliphatic carbocycles. The van der Waals surface area contributed by atoms with E-state index in [4.69, 9.17) is 5.73 Å². The molecule has 0 aliphatic heterocycles. The van der Waals surface area contributed by atoms with E-state index in [9.17, 15) is 0 Å². The molecule has 0 saturated carbocycles. The Labute approximate surface area is 65.3 Å². The minimum atomic E-state index is 0.668. The molecular formula is C7H13N2S+. The average molecular weight is 157 g/mol. The Morgan fingerprint density at radius 2 is 2.40 bits per heavy atom. The van der Waals surface area contributed by atoms with Gasteiger partial charge in [0.2, 0.25) is 0 Å². The summed E-state index contributed by atoms with van der Waals surface area (Å²) in [6.45, 7) is 5.39. The Morgan fingerprint density at radius 1 is 1.70 bits per heavy atom. The van der Waals surface area contributed by atoms with E-state index in [0.717, 1.165) is 11.7 Å². The second-order valence-electron chi connectivity index (χ2n) is 2.79. The van der Waals surface area contributed by atoms with Gasteiger partial charge in [0.25, 0.3) is 0 Å². The fourth-order valence-electron chi connectivity index (χ4n) is 0.859. The van der Waals surface area contributed by atoms with Crippen LogP contribution in [-0.2, 0) is 6.54 Å². The first-order valence-electron chi connectivity index (χ1n) is 3.42. The Bertz CT molecular complexity index is 205. The molecule has 2 nitrogen and oxygen atoms in total. The molecule has 0 spiro atoms. The van der Waals surface area contributed by atoms with E-state index < -0.39 is 0 Å². The summed E-state index contributed by atoms with van der Waals surface area (Å²) in [6.07, 6.45) is 2.03. The van der Waals surface area contributed by atoms with Gasteiger partial charge in [0, 0.05) is 5.38 Å². The SMILES string of the molecule is CC(C)C[n+]1ccsc1N. The van der Waals surface area contributed by atoms with E-state index in [0.29, 0.717) is 5.92 Å². The summed E-state index contributed by atoms with van der Waals surface area (Å²) in [5, 5.41) is 2.91. The van der Waals surface area contributed by atoms with Crippen molar-refractivity contribution in [2.24, 2.45) is 5.92 Å². The van der Waals surface area contributed by atoms with Crippen LogP contribution in [0.3, 0.4) is 0 Å². The predicted octanol–water partition coefficient (Wildman–Crippen LogP) is 1.27. The molecule has 1 aromatic heterocycles. The third-order valence-corrected chi connectivity index (χ3v) is 2.01. The number of thiazole rings is 1. The van der Waals surface area contributed by atoms with Gasteiger partial charge >= 0.3 is 5.13 Å². The lowest BCUT2D eigenvalue weighted by Gasteiger charge is -1.99. The van der Waals surface area contributed by atoms with Gasteiger partial charge in [-0.1, -0.05) is 25.2 Å². The quantitative estimate of drug-likeness (QED) is 0.644. The fraction of sp³-hybridized carbons (Fsp3) is 0.571. The number of hydrogen-bond acceptors (Lipinski definition) is 2. The van der Waals surface area contributed by atoms with Crippen molar-refractivity contribution in [3.8, 4) is 0 Å². The molecular weight excluding hydrogens is 144 g/mol. The highest BCUT2D eigenvalue weighted by Crippen LogP contribution is 2.04. The van der Waals surface area contributed by atoms with Crippen LogP contribution in [0.1, 0.15) is 13.8 Å². The lowest BCUT2D eigenvalue weighted by atomic mass is 10.2. The minimum absolute atomic E-state index is 0.668. The van der Waals surface area contributed by atoms with Gasteiger partial charge in [-0.2, -0.15) is 0 Å². The van der Waals surface area contributed by atoms with Gasteiger partial charge in [-0.15, -0.1) is 0 Å². The van der Waals surface area contributed by atoms with Crippen molar-refractivity contribution >= 4 is 16.5 Å². The van der Waals surface area contributed by atoms with E-state index >= 15 is 0 Å². The molecule has 56 valence electrons. The first kappa shape index (κ1) is 7.54. The zero-order valence-electron chi connectivity index (χ0n) is 6.37. The van der Waals surface area contributed by atoms with E-state index in [1.165, 1.54) is 0 Å². The van der Waals surface area contributed by atoms with Crippen molar-refractivity contribution in [3.05, 3.63) is 11.6 Å². The molecule has 0 bridgehead atoms. The van der Waals surface area contributed by atoms with Gasteiger partial charge in [0.1, 0.15) is 6.20 Å². The molecule has 1 rings (SSSR count). The van der Waals surface area contributed by atoms with Crippen LogP contribution in [0.2, 0.25) is 0 Å². The number of nitrogens with zero attached hydrogens (tertiary/aromatic N) is 1. The van der Waals surface area contributed by atoms with Crippen LogP contribution in [0.25, 0.3) is 0 Å².